The first kappa shape index (κ1) is 14.3. The molecule has 1 fully saturated rings. The van der Waals surface area contributed by atoms with E-state index in [1.54, 1.807) is 13.0 Å². The number of nitrogens with one attached hydrogen (secondary N) is 2. The van der Waals surface area contributed by atoms with Crippen LogP contribution in [0.1, 0.15) is 30.9 Å². The predicted molar refractivity (Wildman–Crippen MR) is 78.9 cm³/mol. The zero-order valence-electron chi connectivity index (χ0n) is 11.7. The topological polar surface area (TPSA) is 58.2 Å². The van der Waals surface area contributed by atoms with Crippen LogP contribution in [0.2, 0.25) is 0 Å². The van der Waals surface area contributed by atoms with Crippen LogP contribution in [0.15, 0.2) is 18.2 Å². The third kappa shape index (κ3) is 3.70. The van der Waals surface area contributed by atoms with E-state index < -0.39 is 15.3 Å². The highest BCUT2D eigenvalue weighted by atomic mass is 32.2. The summed E-state index contributed by atoms with van der Waals surface area (Å²) < 4.78 is 27.2. The molecule has 0 saturated heterocycles. The molecule has 0 aliphatic heterocycles. The standard InChI is InChI=1S/C14H22N2O2S/c1-10-5-4-6-14(12(10)3)16-19(17,18)11(2)9-15-13-7-8-13/h4-6,11,13,15-16H,7-9H2,1-3H3. The molecule has 0 bridgehead atoms. The summed E-state index contributed by atoms with van der Waals surface area (Å²) in [5.41, 5.74) is 2.75. The summed E-state index contributed by atoms with van der Waals surface area (Å²) in [6.45, 7) is 6.15. The summed E-state index contributed by atoms with van der Waals surface area (Å²) in [6, 6.07) is 6.18. The van der Waals surface area contributed by atoms with Crippen molar-refractivity contribution in [1.82, 2.24) is 5.32 Å². The normalized spacial score (nSPS) is 17.2. The first-order chi connectivity index (χ1) is 8.90. The molecule has 1 aliphatic rings. The maximum absolute atomic E-state index is 12.2. The Morgan fingerprint density at radius 1 is 1.32 bits per heavy atom. The van der Waals surface area contributed by atoms with Crippen LogP contribution in [-0.4, -0.2) is 26.3 Å². The van der Waals surface area contributed by atoms with Gasteiger partial charge in [0.15, 0.2) is 0 Å². The minimum absolute atomic E-state index is 0.437. The Morgan fingerprint density at radius 3 is 2.63 bits per heavy atom. The van der Waals surface area contributed by atoms with Crippen molar-refractivity contribution in [1.29, 1.82) is 0 Å². The van der Waals surface area contributed by atoms with Gasteiger partial charge >= 0.3 is 0 Å². The van der Waals surface area contributed by atoms with E-state index in [0.29, 0.717) is 18.3 Å². The summed E-state index contributed by atoms with van der Waals surface area (Å²) in [5, 5.41) is 2.82. The van der Waals surface area contributed by atoms with E-state index >= 15 is 0 Å². The van der Waals surface area contributed by atoms with Crippen molar-refractivity contribution in [3.63, 3.8) is 0 Å². The van der Waals surface area contributed by atoms with Crippen LogP contribution in [-0.2, 0) is 10.0 Å². The van der Waals surface area contributed by atoms with Crippen LogP contribution in [0.4, 0.5) is 5.69 Å². The lowest BCUT2D eigenvalue weighted by molar-refractivity contribution is 0.576. The minimum atomic E-state index is -3.33. The van der Waals surface area contributed by atoms with Crippen LogP contribution < -0.4 is 10.0 Å². The number of hydrogen-bond donors (Lipinski definition) is 2. The predicted octanol–water partition coefficient (Wildman–Crippen LogP) is 2.19. The van der Waals surface area contributed by atoms with Crippen LogP contribution in [0, 0.1) is 13.8 Å². The molecule has 1 unspecified atom stereocenters. The lowest BCUT2D eigenvalue weighted by Gasteiger charge is -2.17. The van der Waals surface area contributed by atoms with Crippen molar-refractivity contribution in [3.05, 3.63) is 29.3 Å². The molecule has 19 heavy (non-hydrogen) atoms. The monoisotopic (exact) mass is 282 g/mol. The van der Waals surface area contributed by atoms with Gasteiger partial charge in [-0.05, 0) is 50.8 Å². The molecule has 1 aromatic rings. The molecule has 1 atom stereocenters. The van der Waals surface area contributed by atoms with E-state index in [2.05, 4.69) is 10.0 Å². The van der Waals surface area contributed by atoms with E-state index in [0.717, 1.165) is 24.0 Å². The molecular formula is C14H22N2O2S. The van der Waals surface area contributed by atoms with Gasteiger partial charge in [0.25, 0.3) is 0 Å². The average Bonchev–Trinajstić information content (AvgIpc) is 3.15. The van der Waals surface area contributed by atoms with Crippen LogP contribution >= 0.6 is 0 Å². The maximum atomic E-state index is 12.2. The summed E-state index contributed by atoms with van der Waals surface area (Å²) in [6.07, 6.45) is 2.33. The molecule has 2 rings (SSSR count). The number of hydrogen-bond acceptors (Lipinski definition) is 3. The first-order valence-corrected chi connectivity index (χ1v) is 8.26. The second kappa shape index (κ2) is 5.51. The highest BCUT2D eigenvalue weighted by Crippen LogP contribution is 2.21. The van der Waals surface area contributed by atoms with Gasteiger partial charge in [-0.1, -0.05) is 12.1 Å². The van der Waals surface area contributed by atoms with Crippen LogP contribution in [0.3, 0.4) is 0 Å². The quantitative estimate of drug-likeness (QED) is 0.841. The van der Waals surface area contributed by atoms with Gasteiger partial charge in [-0.25, -0.2) is 8.42 Å². The number of sulfonamides is 1. The lowest BCUT2D eigenvalue weighted by atomic mass is 10.1. The Kier molecular flexibility index (Phi) is 4.16. The van der Waals surface area contributed by atoms with E-state index in [1.807, 2.05) is 26.0 Å². The zero-order chi connectivity index (χ0) is 14.0. The number of benzene rings is 1. The van der Waals surface area contributed by atoms with Crippen molar-refractivity contribution in [3.8, 4) is 0 Å². The molecule has 0 heterocycles. The van der Waals surface area contributed by atoms with Crippen molar-refractivity contribution in [2.24, 2.45) is 0 Å². The summed E-state index contributed by atoms with van der Waals surface area (Å²) in [4.78, 5) is 0. The third-order valence-corrected chi connectivity index (χ3v) is 5.39. The summed E-state index contributed by atoms with van der Waals surface area (Å²) >= 11 is 0. The van der Waals surface area contributed by atoms with E-state index in [1.165, 1.54) is 0 Å². The molecule has 1 saturated carbocycles. The Labute approximate surface area is 115 Å². The highest BCUT2D eigenvalue weighted by molar-refractivity contribution is 7.93. The lowest BCUT2D eigenvalue weighted by Crippen LogP contribution is -2.35. The molecule has 4 nitrogen and oxygen atoms in total. The fourth-order valence-electron chi connectivity index (χ4n) is 1.85. The second-order valence-electron chi connectivity index (χ2n) is 5.39. The molecule has 0 amide bonds. The number of anilines is 1. The number of rotatable bonds is 6. The van der Waals surface area contributed by atoms with Crippen molar-refractivity contribution in [2.75, 3.05) is 11.3 Å². The Balaban J connectivity index is 2.04. The van der Waals surface area contributed by atoms with Gasteiger partial charge in [-0.2, -0.15) is 0 Å². The molecule has 106 valence electrons. The molecule has 2 N–H and O–H groups in total. The van der Waals surface area contributed by atoms with Gasteiger partial charge in [0.2, 0.25) is 10.0 Å². The average molecular weight is 282 g/mol. The zero-order valence-corrected chi connectivity index (χ0v) is 12.5. The molecule has 0 aromatic heterocycles. The second-order valence-corrected chi connectivity index (χ2v) is 7.49. The van der Waals surface area contributed by atoms with Crippen molar-refractivity contribution >= 4 is 15.7 Å². The Hall–Kier alpha value is -1.07. The first-order valence-electron chi connectivity index (χ1n) is 6.71. The summed E-state index contributed by atoms with van der Waals surface area (Å²) in [7, 11) is -3.33. The molecule has 1 aliphatic carbocycles. The van der Waals surface area contributed by atoms with E-state index in [-0.39, 0.29) is 0 Å². The van der Waals surface area contributed by atoms with Gasteiger partial charge in [-0.3, -0.25) is 4.72 Å². The van der Waals surface area contributed by atoms with Crippen molar-refractivity contribution in [2.45, 2.75) is 44.9 Å². The molecule has 0 spiro atoms. The van der Waals surface area contributed by atoms with Gasteiger partial charge in [0, 0.05) is 12.6 Å². The Bertz CT molecular complexity index is 551. The molecule has 1 aromatic carbocycles. The van der Waals surface area contributed by atoms with E-state index in [4.69, 9.17) is 0 Å². The van der Waals surface area contributed by atoms with Gasteiger partial charge in [0.1, 0.15) is 0 Å². The molecule has 0 radical (unpaired) electrons. The number of aryl methyl sites for hydroxylation is 1. The Morgan fingerprint density at radius 2 is 2.00 bits per heavy atom. The SMILES string of the molecule is Cc1cccc(NS(=O)(=O)C(C)CNC2CC2)c1C. The van der Waals surface area contributed by atoms with Gasteiger partial charge in [0.05, 0.1) is 10.9 Å². The largest absolute Gasteiger partial charge is 0.313 e. The van der Waals surface area contributed by atoms with E-state index in [9.17, 15) is 8.42 Å². The molecular weight excluding hydrogens is 260 g/mol. The fraction of sp³-hybridized carbons (Fsp3) is 0.571. The highest BCUT2D eigenvalue weighted by Gasteiger charge is 2.26. The maximum Gasteiger partial charge on any atom is 0.236 e. The van der Waals surface area contributed by atoms with Crippen molar-refractivity contribution < 1.29 is 8.42 Å². The van der Waals surface area contributed by atoms with Gasteiger partial charge < -0.3 is 5.32 Å². The smallest absolute Gasteiger partial charge is 0.236 e. The van der Waals surface area contributed by atoms with Gasteiger partial charge in [-0.15, -0.1) is 0 Å². The minimum Gasteiger partial charge on any atom is -0.313 e. The molecule has 5 heteroatoms. The fourth-order valence-corrected chi connectivity index (χ4v) is 2.89. The van der Waals surface area contributed by atoms with Crippen LogP contribution in [0.5, 0.6) is 0 Å². The summed E-state index contributed by atoms with van der Waals surface area (Å²) in [5.74, 6) is 0. The third-order valence-electron chi connectivity index (χ3n) is 3.66. The van der Waals surface area contributed by atoms with Crippen LogP contribution in [0.25, 0.3) is 0 Å².